The Kier molecular flexibility index (Phi) is 7.80. The molecule has 4 aliphatic rings. The Morgan fingerprint density at radius 3 is 2.61 bits per heavy atom. The van der Waals surface area contributed by atoms with Crippen LogP contribution in [-0.2, 0) is 14.4 Å². The van der Waals surface area contributed by atoms with Crippen LogP contribution in [0, 0.1) is 11.8 Å². The van der Waals surface area contributed by atoms with E-state index in [-0.39, 0.29) is 34.5 Å². The first-order valence-corrected chi connectivity index (χ1v) is 14.0. The van der Waals surface area contributed by atoms with Crippen LogP contribution < -0.4 is 0 Å². The van der Waals surface area contributed by atoms with Crippen LogP contribution in [0.1, 0.15) is 57.8 Å². The van der Waals surface area contributed by atoms with Crippen LogP contribution in [0.3, 0.4) is 0 Å². The summed E-state index contributed by atoms with van der Waals surface area (Å²) in [6.45, 7) is 4.85. The number of hydrogen-bond acceptors (Lipinski definition) is 5. The van der Waals surface area contributed by atoms with Gasteiger partial charge in [-0.25, -0.2) is 0 Å². The van der Waals surface area contributed by atoms with Crippen LogP contribution in [0.5, 0.6) is 0 Å². The number of unbranched alkanes of at least 4 members (excludes halogenated alkanes) is 2. The number of carboxylic acid groups (broad SMARTS) is 1. The first-order valence-electron chi connectivity index (χ1n) is 12.2. The molecular formula is C24H35BrN2O5S. The summed E-state index contributed by atoms with van der Waals surface area (Å²) in [5, 5.41) is 19.0. The van der Waals surface area contributed by atoms with E-state index in [1.165, 1.54) is 6.42 Å². The van der Waals surface area contributed by atoms with Gasteiger partial charge in [-0.3, -0.25) is 14.4 Å². The lowest BCUT2D eigenvalue weighted by Crippen LogP contribution is -2.57. The maximum absolute atomic E-state index is 14.3. The van der Waals surface area contributed by atoms with Crippen molar-refractivity contribution in [3.05, 3.63) is 12.7 Å². The van der Waals surface area contributed by atoms with Gasteiger partial charge >= 0.3 is 5.97 Å². The Bertz CT molecular complexity index is 791. The molecule has 0 aromatic heterocycles. The fourth-order valence-corrected chi connectivity index (χ4v) is 10.2. The molecule has 3 aliphatic heterocycles. The van der Waals surface area contributed by atoms with Crippen molar-refractivity contribution in [2.24, 2.45) is 11.8 Å². The summed E-state index contributed by atoms with van der Waals surface area (Å²) < 4.78 is -0.707. The molecule has 3 unspecified atom stereocenters. The molecule has 1 aliphatic carbocycles. The lowest BCUT2D eigenvalue weighted by atomic mass is 9.71. The van der Waals surface area contributed by atoms with E-state index >= 15 is 0 Å². The quantitative estimate of drug-likeness (QED) is 0.250. The molecule has 2 bridgehead atoms. The van der Waals surface area contributed by atoms with Gasteiger partial charge in [0, 0.05) is 35.8 Å². The molecule has 1 saturated carbocycles. The fourth-order valence-electron chi connectivity index (χ4n) is 6.61. The number of likely N-dealkylation sites (tertiary alicyclic amines) is 1. The topological polar surface area (TPSA) is 98.2 Å². The molecule has 6 atom stereocenters. The first kappa shape index (κ1) is 25.0. The molecule has 3 heterocycles. The zero-order valence-electron chi connectivity index (χ0n) is 19.0. The van der Waals surface area contributed by atoms with Crippen molar-refractivity contribution in [3.8, 4) is 0 Å². The Morgan fingerprint density at radius 2 is 1.97 bits per heavy atom. The van der Waals surface area contributed by atoms with Crippen molar-refractivity contribution in [2.75, 3.05) is 19.7 Å². The third-order valence-electron chi connectivity index (χ3n) is 7.99. The van der Waals surface area contributed by atoms with Crippen LogP contribution in [0.4, 0.5) is 0 Å². The molecule has 2 N–H and O–H groups in total. The average molecular weight is 544 g/mol. The standard InChI is InChI=1S/C24H35BrN2O5S/c1-2-11-26(15-9-5-3-6-10-15)22(30)20-24-14-16(25)19(33-24)17(23(31)32)18(24)21(29)27(20)12-7-4-8-13-28/h2,15-20,28H,1,3-14H2,(H,31,32)/t16?,17-,18-,19-,20?,24?/m0/s1. The third-order valence-corrected chi connectivity index (χ3v) is 11.2. The van der Waals surface area contributed by atoms with E-state index in [0.717, 1.165) is 32.1 Å². The number of carboxylic acids is 1. The van der Waals surface area contributed by atoms with Gasteiger partial charge in [-0.15, -0.1) is 18.3 Å². The molecule has 4 fully saturated rings. The number of halogens is 1. The first-order chi connectivity index (χ1) is 15.9. The minimum Gasteiger partial charge on any atom is -0.481 e. The number of aliphatic carboxylic acids is 1. The molecule has 33 heavy (non-hydrogen) atoms. The number of aliphatic hydroxyl groups excluding tert-OH is 1. The summed E-state index contributed by atoms with van der Waals surface area (Å²) in [4.78, 5) is 43.8. The molecule has 184 valence electrons. The summed E-state index contributed by atoms with van der Waals surface area (Å²) in [5.41, 5.74) is 0. The molecule has 2 amide bonds. The summed E-state index contributed by atoms with van der Waals surface area (Å²) in [6.07, 6.45) is 9.77. The van der Waals surface area contributed by atoms with E-state index < -0.39 is 28.6 Å². The molecule has 0 aromatic rings. The van der Waals surface area contributed by atoms with Crippen molar-refractivity contribution in [1.29, 1.82) is 0 Å². The second-order valence-electron chi connectivity index (χ2n) is 9.89. The molecule has 7 nitrogen and oxygen atoms in total. The van der Waals surface area contributed by atoms with Gasteiger partial charge in [0.05, 0.1) is 16.6 Å². The monoisotopic (exact) mass is 542 g/mol. The maximum Gasteiger partial charge on any atom is 0.308 e. The lowest BCUT2D eigenvalue weighted by Gasteiger charge is -2.41. The van der Waals surface area contributed by atoms with Crippen LogP contribution in [0.2, 0.25) is 0 Å². The minimum atomic E-state index is -0.944. The van der Waals surface area contributed by atoms with Gasteiger partial charge in [0.1, 0.15) is 6.04 Å². The number of carbonyl (C=O) groups excluding carboxylic acids is 2. The lowest BCUT2D eigenvalue weighted by molar-refractivity contribution is -0.148. The van der Waals surface area contributed by atoms with Crippen molar-refractivity contribution in [3.63, 3.8) is 0 Å². The molecule has 0 radical (unpaired) electrons. The SMILES string of the molecule is C=CCN(C(=O)C1N(CCCCCO)C(=O)[C@@H]2[C@H](C(=O)O)[C@H]3SC12CC3Br)C1CCCCC1. The van der Waals surface area contributed by atoms with Crippen molar-refractivity contribution >= 4 is 45.5 Å². The van der Waals surface area contributed by atoms with Gasteiger partial charge in [-0.05, 0) is 38.5 Å². The predicted molar refractivity (Wildman–Crippen MR) is 131 cm³/mol. The van der Waals surface area contributed by atoms with Crippen molar-refractivity contribution in [1.82, 2.24) is 9.80 Å². The van der Waals surface area contributed by atoms with E-state index in [1.54, 1.807) is 22.7 Å². The van der Waals surface area contributed by atoms with Gasteiger partial charge in [0.2, 0.25) is 11.8 Å². The third kappa shape index (κ3) is 4.27. The van der Waals surface area contributed by atoms with Crippen LogP contribution in [-0.4, -0.2) is 84.4 Å². The van der Waals surface area contributed by atoms with E-state index in [4.69, 9.17) is 5.11 Å². The summed E-state index contributed by atoms with van der Waals surface area (Å²) >= 11 is 5.25. The molecule has 3 saturated heterocycles. The second kappa shape index (κ2) is 10.3. The number of alkyl halides is 1. The summed E-state index contributed by atoms with van der Waals surface area (Å²) in [5.74, 6) is -2.61. The van der Waals surface area contributed by atoms with E-state index in [0.29, 0.717) is 32.4 Å². The average Bonchev–Trinajstić information content (AvgIpc) is 3.39. The number of nitrogens with zero attached hydrogens (tertiary/aromatic N) is 2. The second-order valence-corrected chi connectivity index (χ2v) is 12.6. The Labute approximate surface area is 208 Å². The summed E-state index contributed by atoms with van der Waals surface area (Å²) in [7, 11) is 0. The maximum atomic E-state index is 14.3. The molecule has 4 rings (SSSR count). The van der Waals surface area contributed by atoms with Crippen molar-refractivity contribution in [2.45, 2.75) is 84.7 Å². The number of thioether (sulfide) groups is 1. The van der Waals surface area contributed by atoms with Crippen molar-refractivity contribution < 1.29 is 24.6 Å². The Morgan fingerprint density at radius 1 is 1.24 bits per heavy atom. The molecule has 1 spiro atoms. The van der Waals surface area contributed by atoms with E-state index in [2.05, 4.69) is 22.5 Å². The van der Waals surface area contributed by atoms with Crippen LogP contribution in [0.15, 0.2) is 12.7 Å². The van der Waals surface area contributed by atoms with Crippen LogP contribution >= 0.6 is 27.7 Å². The normalized spacial score (nSPS) is 35.6. The van der Waals surface area contributed by atoms with E-state index in [9.17, 15) is 19.5 Å². The van der Waals surface area contributed by atoms with E-state index in [1.807, 2.05) is 4.90 Å². The van der Waals surface area contributed by atoms with Gasteiger partial charge < -0.3 is 20.0 Å². The number of aliphatic hydroxyl groups is 1. The molecule has 0 aromatic carbocycles. The van der Waals surface area contributed by atoms with Gasteiger partial charge in [-0.1, -0.05) is 41.3 Å². The number of fused-ring (bicyclic) bond motifs is 1. The highest BCUT2D eigenvalue weighted by molar-refractivity contribution is 9.09. The zero-order chi connectivity index (χ0) is 23.8. The Balaban J connectivity index is 1.69. The number of amides is 2. The smallest absolute Gasteiger partial charge is 0.308 e. The zero-order valence-corrected chi connectivity index (χ0v) is 21.4. The van der Waals surface area contributed by atoms with Crippen LogP contribution in [0.25, 0.3) is 0 Å². The van der Waals surface area contributed by atoms with Gasteiger partial charge in [0.25, 0.3) is 0 Å². The largest absolute Gasteiger partial charge is 0.481 e. The predicted octanol–water partition coefficient (Wildman–Crippen LogP) is 3.05. The highest BCUT2D eigenvalue weighted by Crippen LogP contribution is 2.67. The minimum absolute atomic E-state index is 0.0279. The highest BCUT2D eigenvalue weighted by atomic mass is 79.9. The number of rotatable bonds is 10. The van der Waals surface area contributed by atoms with Gasteiger partial charge in [-0.2, -0.15) is 0 Å². The fraction of sp³-hybridized carbons (Fsp3) is 0.792. The number of hydrogen-bond donors (Lipinski definition) is 2. The highest BCUT2D eigenvalue weighted by Gasteiger charge is 2.76. The molecular weight excluding hydrogens is 508 g/mol. The number of carbonyl (C=O) groups is 3. The summed E-state index contributed by atoms with van der Waals surface area (Å²) in [6, 6.07) is -0.505. The molecule has 9 heteroatoms. The van der Waals surface area contributed by atoms with Gasteiger partial charge in [0.15, 0.2) is 0 Å². The Hall–Kier alpha value is -1.06.